The summed E-state index contributed by atoms with van der Waals surface area (Å²) in [6.07, 6.45) is 2.44. The van der Waals surface area contributed by atoms with Gasteiger partial charge in [-0.05, 0) is 18.1 Å². The maximum absolute atomic E-state index is 10.8. The van der Waals surface area contributed by atoms with Gasteiger partial charge in [0.2, 0.25) is 0 Å². The van der Waals surface area contributed by atoms with E-state index >= 15 is 0 Å². The minimum Gasteiger partial charge on any atom is -0.507 e. The van der Waals surface area contributed by atoms with Crippen LogP contribution in [0.25, 0.3) is 0 Å². The monoisotopic (exact) mass is 298 g/mol. The molecule has 1 atom stereocenters. The van der Waals surface area contributed by atoms with Crippen LogP contribution >= 0.6 is 0 Å². The molecule has 0 fully saturated rings. The van der Waals surface area contributed by atoms with Crippen molar-refractivity contribution < 1.29 is 10.0 Å². The Balaban J connectivity index is 2.11. The molecule has 114 valence electrons. The third-order valence-electron chi connectivity index (χ3n) is 3.54. The number of nitrogens with zero attached hydrogens (tertiary/aromatic N) is 2. The third kappa shape index (κ3) is 3.91. The molecule has 0 aliphatic heterocycles. The molecule has 0 unspecified atom stereocenters. The molecule has 1 N–H and O–H groups in total. The number of nitro groups is 1. The standard InChI is InChI=1S/C17H18N2O3/c1-2-13(14-6-4-3-5-7-14)11-18-12-15-10-16(19(21)22)8-9-17(15)20/h3-10,12-13,20H,2,11H2,1H3/t13-/m1/s1. The first-order valence-electron chi connectivity index (χ1n) is 7.14. The Kier molecular flexibility index (Phi) is 5.25. The number of hydrogen-bond donors (Lipinski definition) is 1. The second-order valence-electron chi connectivity index (χ2n) is 5.01. The molecule has 0 aliphatic rings. The summed E-state index contributed by atoms with van der Waals surface area (Å²) in [6.45, 7) is 2.67. The van der Waals surface area contributed by atoms with E-state index in [-0.39, 0.29) is 11.4 Å². The summed E-state index contributed by atoms with van der Waals surface area (Å²) in [5, 5.41) is 20.5. The summed E-state index contributed by atoms with van der Waals surface area (Å²) in [5.74, 6) is 0.278. The van der Waals surface area contributed by atoms with Crippen LogP contribution in [0.5, 0.6) is 5.75 Å². The fourth-order valence-corrected chi connectivity index (χ4v) is 2.23. The van der Waals surface area contributed by atoms with Crippen molar-refractivity contribution in [3.63, 3.8) is 0 Å². The van der Waals surface area contributed by atoms with Crippen LogP contribution < -0.4 is 0 Å². The van der Waals surface area contributed by atoms with Crippen molar-refractivity contribution in [1.82, 2.24) is 0 Å². The van der Waals surface area contributed by atoms with E-state index in [1.807, 2.05) is 18.2 Å². The third-order valence-corrected chi connectivity index (χ3v) is 3.54. The summed E-state index contributed by atoms with van der Waals surface area (Å²) < 4.78 is 0. The van der Waals surface area contributed by atoms with E-state index in [1.165, 1.54) is 30.0 Å². The van der Waals surface area contributed by atoms with Gasteiger partial charge in [0.1, 0.15) is 5.75 Å². The second kappa shape index (κ2) is 7.36. The van der Waals surface area contributed by atoms with Crippen molar-refractivity contribution in [2.45, 2.75) is 19.3 Å². The Bertz CT molecular complexity index is 669. The molecule has 0 heterocycles. The number of hydrogen-bond acceptors (Lipinski definition) is 4. The molecule has 2 aromatic carbocycles. The number of phenolic OH excluding ortho intramolecular Hbond substituents is 1. The van der Waals surface area contributed by atoms with Gasteiger partial charge in [-0.15, -0.1) is 0 Å². The van der Waals surface area contributed by atoms with Gasteiger partial charge in [0.25, 0.3) is 5.69 Å². The number of non-ortho nitro benzene ring substituents is 1. The number of nitro benzene ring substituents is 1. The number of rotatable bonds is 6. The lowest BCUT2D eigenvalue weighted by Crippen LogP contribution is -2.01. The summed E-state index contributed by atoms with van der Waals surface area (Å²) >= 11 is 0. The first-order chi connectivity index (χ1) is 10.6. The van der Waals surface area contributed by atoms with Crippen molar-refractivity contribution in [1.29, 1.82) is 0 Å². The molecular formula is C17H18N2O3. The maximum atomic E-state index is 10.8. The Labute approximate surface area is 129 Å². The van der Waals surface area contributed by atoms with Crippen LogP contribution in [0.3, 0.4) is 0 Å². The van der Waals surface area contributed by atoms with E-state index in [1.54, 1.807) is 0 Å². The highest BCUT2D eigenvalue weighted by molar-refractivity contribution is 5.84. The molecule has 0 spiro atoms. The van der Waals surface area contributed by atoms with Gasteiger partial charge in [0.15, 0.2) is 0 Å². The maximum Gasteiger partial charge on any atom is 0.270 e. The average Bonchev–Trinajstić information content (AvgIpc) is 2.53. The van der Waals surface area contributed by atoms with E-state index in [4.69, 9.17) is 0 Å². The predicted molar refractivity (Wildman–Crippen MR) is 86.7 cm³/mol. The molecule has 0 saturated carbocycles. The van der Waals surface area contributed by atoms with Crippen molar-refractivity contribution in [2.24, 2.45) is 4.99 Å². The van der Waals surface area contributed by atoms with E-state index in [9.17, 15) is 15.2 Å². The fraction of sp³-hybridized carbons (Fsp3) is 0.235. The van der Waals surface area contributed by atoms with Crippen LogP contribution in [-0.4, -0.2) is 22.8 Å². The number of aliphatic imine (C=N–C) groups is 1. The van der Waals surface area contributed by atoms with Crippen molar-refractivity contribution in [2.75, 3.05) is 6.54 Å². The molecule has 0 aromatic heterocycles. The highest BCUT2D eigenvalue weighted by Crippen LogP contribution is 2.22. The number of benzene rings is 2. The molecule has 0 saturated heterocycles. The lowest BCUT2D eigenvalue weighted by Gasteiger charge is -2.12. The van der Waals surface area contributed by atoms with Crippen molar-refractivity contribution in [3.05, 3.63) is 69.8 Å². The van der Waals surface area contributed by atoms with Crippen molar-refractivity contribution >= 4 is 11.9 Å². The van der Waals surface area contributed by atoms with Gasteiger partial charge in [0, 0.05) is 36.4 Å². The molecule has 2 aromatic rings. The predicted octanol–water partition coefficient (Wildman–Crippen LogP) is 3.91. The quantitative estimate of drug-likeness (QED) is 0.499. The highest BCUT2D eigenvalue weighted by atomic mass is 16.6. The van der Waals surface area contributed by atoms with Gasteiger partial charge in [0.05, 0.1) is 4.92 Å². The van der Waals surface area contributed by atoms with Gasteiger partial charge in [-0.2, -0.15) is 0 Å². The van der Waals surface area contributed by atoms with Gasteiger partial charge in [-0.25, -0.2) is 0 Å². The average molecular weight is 298 g/mol. The SMILES string of the molecule is CC[C@H](CN=Cc1cc([N+](=O)[O-])ccc1O)c1ccccc1. The molecule has 0 bridgehead atoms. The van der Waals surface area contributed by atoms with Gasteiger partial charge < -0.3 is 5.11 Å². The molecule has 2 rings (SSSR count). The smallest absolute Gasteiger partial charge is 0.270 e. The minimum absolute atomic E-state index is 0.0119. The highest BCUT2D eigenvalue weighted by Gasteiger charge is 2.10. The summed E-state index contributed by atoms with van der Waals surface area (Å²) in [5.41, 5.74) is 1.51. The summed E-state index contributed by atoms with van der Waals surface area (Å²) in [4.78, 5) is 14.6. The first kappa shape index (κ1) is 15.7. The van der Waals surface area contributed by atoms with Crippen LogP contribution in [0.15, 0.2) is 53.5 Å². The molecule has 0 aliphatic carbocycles. The Morgan fingerprint density at radius 3 is 2.64 bits per heavy atom. The zero-order valence-electron chi connectivity index (χ0n) is 12.3. The first-order valence-corrected chi connectivity index (χ1v) is 7.14. The molecule has 5 nitrogen and oxygen atoms in total. The van der Waals surface area contributed by atoms with Crippen LogP contribution in [0.4, 0.5) is 5.69 Å². The van der Waals surface area contributed by atoms with Gasteiger partial charge in [-0.3, -0.25) is 15.1 Å². The topological polar surface area (TPSA) is 75.7 Å². The Hall–Kier alpha value is -2.69. The fourth-order valence-electron chi connectivity index (χ4n) is 2.23. The van der Waals surface area contributed by atoms with E-state index in [2.05, 4.69) is 24.0 Å². The Morgan fingerprint density at radius 1 is 1.27 bits per heavy atom. The van der Waals surface area contributed by atoms with Gasteiger partial charge in [-0.1, -0.05) is 37.3 Å². The number of phenols is 1. The molecule has 22 heavy (non-hydrogen) atoms. The zero-order valence-corrected chi connectivity index (χ0v) is 12.3. The van der Waals surface area contributed by atoms with E-state index in [0.29, 0.717) is 18.0 Å². The van der Waals surface area contributed by atoms with E-state index < -0.39 is 4.92 Å². The van der Waals surface area contributed by atoms with E-state index in [0.717, 1.165) is 6.42 Å². The second-order valence-corrected chi connectivity index (χ2v) is 5.01. The molecule has 5 heteroatoms. The lowest BCUT2D eigenvalue weighted by atomic mass is 9.97. The molecule has 0 radical (unpaired) electrons. The normalized spacial score (nSPS) is 12.4. The lowest BCUT2D eigenvalue weighted by molar-refractivity contribution is -0.384. The van der Waals surface area contributed by atoms with Crippen LogP contribution in [-0.2, 0) is 0 Å². The summed E-state index contributed by atoms with van der Waals surface area (Å²) in [7, 11) is 0. The molecule has 0 amide bonds. The largest absolute Gasteiger partial charge is 0.507 e. The minimum atomic E-state index is -0.490. The Morgan fingerprint density at radius 2 is 2.00 bits per heavy atom. The van der Waals surface area contributed by atoms with Crippen LogP contribution in [0, 0.1) is 10.1 Å². The molecular weight excluding hydrogens is 280 g/mol. The number of aromatic hydroxyl groups is 1. The van der Waals surface area contributed by atoms with Crippen molar-refractivity contribution in [3.8, 4) is 5.75 Å². The summed E-state index contributed by atoms with van der Waals surface area (Å²) in [6, 6.07) is 14.0. The zero-order chi connectivity index (χ0) is 15.9. The van der Waals surface area contributed by atoms with Crippen LogP contribution in [0.2, 0.25) is 0 Å². The van der Waals surface area contributed by atoms with Crippen LogP contribution in [0.1, 0.15) is 30.4 Å². The van der Waals surface area contributed by atoms with Gasteiger partial charge >= 0.3 is 0 Å².